The van der Waals surface area contributed by atoms with Crippen molar-refractivity contribution in [1.82, 2.24) is 20.1 Å². The van der Waals surface area contributed by atoms with E-state index < -0.39 is 0 Å². The van der Waals surface area contributed by atoms with E-state index in [1.54, 1.807) is 30.3 Å². The third kappa shape index (κ3) is 6.11. The molecule has 2 N–H and O–H groups in total. The molecular weight excluding hydrogens is 514 g/mol. The Morgan fingerprint density at radius 3 is 2.53 bits per heavy atom. The van der Waals surface area contributed by atoms with Gasteiger partial charge in [0.2, 0.25) is 5.91 Å². The van der Waals surface area contributed by atoms with Crippen molar-refractivity contribution >= 4 is 56.8 Å². The molecule has 2 aromatic carbocycles. The minimum Gasteiger partial charge on any atom is -0.342 e. The van der Waals surface area contributed by atoms with Gasteiger partial charge in [-0.15, -0.1) is 10.2 Å². The van der Waals surface area contributed by atoms with Gasteiger partial charge in [0.25, 0.3) is 5.91 Å². The van der Waals surface area contributed by atoms with Gasteiger partial charge in [-0.1, -0.05) is 55.4 Å². The van der Waals surface area contributed by atoms with Gasteiger partial charge in [0.15, 0.2) is 11.0 Å². The molecule has 0 aliphatic heterocycles. The number of thioether (sulfide) groups is 1. The molecule has 32 heavy (non-hydrogen) atoms. The van der Waals surface area contributed by atoms with Crippen LogP contribution in [0.25, 0.3) is 0 Å². The van der Waals surface area contributed by atoms with E-state index in [-0.39, 0.29) is 29.5 Å². The number of anilines is 1. The van der Waals surface area contributed by atoms with E-state index in [9.17, 15) is 9.59 Å². The van der Waals surface area contributed by atoms with Crippen LogP contribution in [0.4, 0.5) is 5.69 Å². The minimum absolute atomic E-state index is 0.0915. The normalized spacial score (nSPS) is 11.9. The molecule has 1 aromatic heterocycles. The molecule has 0 aliphatic carbocycles. The van der Waals surface area contributed by atoms with Crippen molar-refractivity contribution in [2.45, 2.75) is 25.0 Å². The number of amides is 2. The lowest BCUT2D eigenvalue weighted by Gasteiger charge is -2.21. The Morgan fingerprint density at radius 1 is 1.16 bits per heavy atom. The van der Waals surface area contributed by atoms with Crippen LogP contribution in [-0.4, -0.2) is 32.3 Å². The van der Waals surface area contributed by atoms with Crippen molar-refractivity contribution < 1.29 is 9.59 Å². The molecule has 0 unspecified atom stereocenters. The summed E-state index contributed by atoms with van der Waals surface area (Å²) in [6.07, 6.45) is 0. The maximum atomic E-state index is 12.6. The Labute approximate surface area is 204 Å². The molecule has 1 heterocycles. The number of rotatable bonds is 8. The summed E-state index contributed by atoms with van der Waals surface area (Å²) in [5, 5.41) is 15.5. The number of hydrogen-bond acceptors (Lipinski definition) is 5. The van der Waals surface area contributed by atoms with Crippen LogP contribution in [0.1, 0.15) is 36.1 Å². The van der Waals surface area contributed by atoms with Crippen molar-refractivity contribution in [1.29, 1.82) is 0 Å². The van der Waals surface area contributed by atoms with E-state index in [2.05, 4.69) is 36.8 Å². The lowest BCUT2D eigenvalue weighted by Crippen LogP contribution is -2.33. The Bertz CT molecular complexity index is 1110. The zero-order valence-corrected chi connectivity index (χ0v) is 21.0. The Morgan fingerprint density at radius 2 is 1.88 bits per heavy atom. The second-order valence-electron chi connectivity index (χ2n) is 7.43. The molecule has 0 radical (unpaired) electrons. The lowest BCUT2D eigenvalue weighted by molar-refractivity contribution is -0.113. The van der Waals surface area contributed by atoms with Crippen molar-refractivity contribution in [2.24, 2.45) is 13.0 Å². The highest BCUT2D eigenvalue weighted by atomic mass is 79.9. The summed E-state index contributed by atoms with van der Waals surface area (Å²) in [4.78, 5) is 25.0. The topological polar surface area (TPSA) is 88.9 Å². The molecule has 3 rings (SSSR count). The van der Waals surface area contributed by atoms with Gasteiger partial charge in [0.05, 0.1) is 16.8 Å². The Hall–Kier alpha value is -2.36. The van der Waals surface area contributed by atoms with Crippen molar-refractivity contribution in [3.05, 3.63) is 69.4 Å². The molecule has 168 valence electrons. The molecule has 0 saturated carbocycles. The molecule has 10 heteroatoms. The highest BCUT2D eigenvalue weighted by Gasteiger charge is 2.25. The van der Waals surface area contributed by atoms with Gasteiger partial charge in [-0.2, -0.15) is 0 Å². The maximum Gasteiger partial charge on any atom is 0.251 e. The fourth-order valence-corrected chi connectivity index (χ4v) is 4.11. The van der Waals surface area contributed by atoms with E-state index in [1.807, 2.05) is 43.7 Å². The van der Waals surface area contributed by atoms with Crippen LogP contribution in [0.15, 0.2) is 58.2 Å². The largest absolute Gasteiger partial charge is 0.342 e. The first-order valence-electron chi connectivity index (χ1n) is 9.89. The van der Waals surface area contributed by atoms with Gasteiger partial charge in [0, 0.05) is 22.8 Å². The number of aromatic nitrogens is 3. The average molecular weight is 537 g/mol. The number of carbonyl (C=O) groups is 2. The van der Waals surface area contributed by atoms with E-state index in [1.165, 1.54) is 11.8 Å². The summed E-state index contributed by atoms with van der Waals surface area (Å²) in [5.74, 6) is 0.521. The molecule has 0 bridgehead atoms. The minimum atomic E-state index is -0.326. The zero-order chi connectivity index (χ0) is 23.3. The Kier molecular flexibility index (Phi) is 8.33. The third-order valence-electron chi connectivity index (χ3n) is 4.67. The first kappa shape index (κ1) is 24.3. The van der Waals surface area contributed by atoms with Gasteiger partial charge < -0.3 is 15.2 Å². The van der Waals surface area contributed by atoms with E-state index >= 15 is 0 Å². The first-order valence-corrected chi connectivity index (χ1v) is 12.0. The summed E-state index contributed by atoms with van der Waals surface area (Å²) in [6, 6.07) is 13.9. The second kappa shape index (κ2) is 11.0. The monoisotopic (exact) mass is 535 g/mol. The standard InChI is InChI=1S/C22H23BrClN5O2S/c1-13(2)19(26-21(31)14-7-5-4-6-8-14)20-27-28-22(29(20)3)32-12-18(30)25-15-9-10-16(23)17(24)11-15/h4-11,13,19H,12H2,1-3H3,(H,25,30)(H,26,31)/t19-/m1/s1. The quantitative estimate of drug-likeness (QED) is 0.392. The number of nitrogens with zero attached hydrogens (tertiary/aromatic N) is 3. The van der Waals surface area contributed by atoms with Crippen molar-refractivity contribution in [2.75, 3.05) is 11.1 Å². The fourth-order valence-electron chi connectivity index (χ4n) is 2.97. The Balaban J connectivity index is 1.65. The van der Waals surface area contributed by atoms with Gasteiger partial charge in [-0.3, -0.25) is 9.59 Å². The smallest absolute Gasteiger partial charge is 0.251 e. The van der Waals surface area contributed by atoms with Gasteiger partial charge in [-0.05, 0) is 52.2 Å². The van der Waals surface area contributed by atoms with Crippen LogP contribution < -0.4 is 10.6 Å². The highest BCUT2D eigenvalue weighted by Crippen LogP contribution is 2.27. The number of halogens is 2. The summed E-state index contributed by atoms with van der Waals surface area (Å²) in [5.41, 5.74) is 1.20. The zero-order valence-electron chi connectivity index (χ0n) is 17.8. The molecule has 0 fully saturated rings. The maximum absolute atomic E-state index is 12.6. The molecular formula is C22H23BrClN5O2S. The number of carbonyl (C=O) groups excluding carboxylic acids is 2. The molecule has 7 nitrogen and oxygen atoms in total. The summed E-state index contributed by atoms with van der Waals surface area (Å²) < 4.78 is 2.57. The fraction of sp³-hybridized carbons (Fsp3) is 0.273. The first-order chi connectivity index (χ1) is 15.3. The summed E-state index contributed by atoms with van der Waals surface area (Å²) in [6.45, 7) is 4.02. The van der Waals surface area contributed by atoms with E-state index in [0.29, 0.717) is 27.3 Å². The molecule has 1 atom stereocenters. The predicted molar refractivity (Wildman–Crippen MR) is 131 cm³/mol. The SMILES string of the molecule is CC(C)[C@@H](NC(=O)c1ccccc1)c1nnc(SCC(=O)Nc2ccc(Br)c(Cl)c2)n1C. The predicted octanol–water partition coefficient (Wildman–Crippen LogP) is 5.09. The van der Waals surface area contributed by atoms with Gasteiger partial charge >= 0.3 is 0 Å². The molecule has 0 spiro atoms. The van der Waals surface area contributed by atoms with Crippen LogP contribution in [0.2, 0.25) is 5.02 Å². The van der Waals surface area contributed by atoms with Crippen LogP contribution >= 0.6 is 39.3 Å². The van der Waals surface area contributed by atoms with E-state index in [4.69, 9.17) is 11.6 Å². The highest BCUT2D eigenvalue weighted by molar-refractivity contribution is 9.10. The van der Waals surface area contributed by atoms with Gasteiger partial charge in [0.1, 0.15) is 0 Å². The van der Waals surface area contributed by atoms with Crippen LogP contribution in [0, 0.1) is 5.92 Å². The summed E-state index contributed by atoms with van der Waals surface area (Å²) in [7, 11) is 1.83. The molecule has 2 amide bonds. The number of nitrogens with one attached hydrogen (secondary N) is 2. The van der Waals surface area contributed by atoms with Crippen LogP contribution in [0.5, 0.6) is 0 Å². The van der Waals surface area contributed by atoms with Crippen LogP contribution in [-0.2, 0) is 11.8 Å². The number of benzene rings is 2. The van der Waals surface area contributed by atoms with Crippen molar-refractivity contribution in [3.8, 4) is 0 Å². The van der Waals surface area contributed by atoms with Crippen LogP contribution in [0.3, 0.4) is 0 Å². The summed E-state index contributed by atoms with van der Waals surface area (Å²) >= 11 is 10.7. The molecule has 0 aliphatic rings. The van der Waals surface area contributed by atoms with Gasteiger partial charge in [-0.25, -0.2) is 0 Å². The number of hydrogen-bond donors (Lipinski definition) is 2. The molecule has 0 saturated heterocycles. The van der Waals surface area contributed by atoms with E-state index in [0.717, 1.165) is 4.47 Å². The second-order valence-corrected chi connectivity index (χ2v) is 9.63. The van der Waals surface area contributed by atoms with Crippen molar-refractivity contribution in [3.63, 3.8) is 0 Å². The average Bonchev–Trinajstić information content (AvgIpc) is 3.13. The lowest BCUT2D eigenvalue weighted by atomic mass is 10.0. The molecule has 3 aromatic rings. The third-order valence-corrected chi connectivity index (χ3v) is 6.92.